The van der Waals surface area contributed by atoms with Gasteiger partial charge in [0.05, 0.1) is 0 Å². The van der Waals surface area contributed by atoms with Crippen molar-refractivity contribution in [3.63, 3.8) is 0 Å². The van der Waals surface area contributed by atoms with Gasteiger partial charge in [0.2, 0.25) is 5.91 Å². The fourth-order valence-electron chi connectivity index (χ4n) is 4.76. The molecule has 0 aromatic heterocycles. The van der Waals surface area contributed by atoms with Crippen LogP contribution in [-0.2, 0) is 4.79 Å². The summed E-state index contributed by atoms with van der Waals surface area (Å²) in [5.41, 5.74) is 3.12. The maximum Gasteiger partial charge on any atom is 0.223 e. The monoisotopic (exact) mass is 514 g/mol. The maximum absolute atomic E-state index is 10.9. The van der Waals surface area contributed by atoms with Gasteiger partial charge in [-0.3, -0.25) is 4.79 Å². The Balaban J connectivity index is 0. The molecule has 1 aliphatic carbocycles. The third kappa shape index (κ3) is 15.7. The Kier molecular flexibility index (Phi) is 23.2. The van der Waals surface area contributed by atoms with Gasteiger partial charge in [-0.2, -0.15) is 0 Å². The number of amides is 1. The van der Waals surface area contributed by atoms with E-state index in [1.54, 1.807) is 0 Å². The van der Waals surface area contributed by atoms with Gasteiger partial charge in [0.25, 0.3) is 0 Å². The number of hydrogen-bond acceptors (Lipinski definition) is 2. The number of nitrogens with one attached hydrogen (secondary N) is 1. The van der Waals surface area contributed by atoms with Crippen molar-refractivity contribution in [3.8, 4) is 0 Å². The molecule has 0 aliphatic heterocycles. The number of rotatable bonds is 9. The van der Waals surface area contributed by atoms with E-state index >= 15 is 0 Å². The van der Waals surface area contributed by atoms with Crippen LogP contribution < -0.4 is 10.2 Å². The third-order valence-corrected chi connectivity index (χ3v) is 6.87. The zero-order valence-corrected chi connectivity index (χ0v) is 26.5. The Morgan fingerprint density at radius 1 is 0.946 bits per heavy atom. The van der Waals surface area contributed by atoms with E-state index in [4.69, 9.17) is 0 Å². The van der Waals surface area contributed by atoms with Gasteiger partial charge in [-0.25, -0.2) is 0 Å². The lowest BCUT2D eigenvalue weighted by molar-refractivity contribution is -0.119. The predicted molar refractivity (Wildman–Crippen MR) is 168 cm³/mol. The summed E-state index contributed by atoms with van der Waals surface area (Å²) >= 11 is 0. The van der Waals surface area contributed by atoms with Crippen LogP contribution in [0.2, 0.25) is 0 Å². The summed E-state index contributed by atoms with van der Waals surface area (Å²) < 4.78 is 0. The van der Waals surface area contributed by atoms with Gasteiger partial charge in [0, 0.05) is 30.4 Å². The van der Waals surface area contributed by atoms with Gasteiger partial charge in [0.1, 0.15) is 0 Å². The first kappa shape index (κ1) is 37.1. The quantitative estimate of drug-likeness (QED) is 0.332. The molecule has 1 fully saturated rings. The van der Waals surface area contributed by atoms with E-state index in [-0.39, 0.29) is 5.91 Å². The van der Waals surface area contributed by atoms with Crippen LogP contribution in [0.15, 0.2) is 54.3 Å². The lowest BCUT2D eigenvalue weighted by Crippen LogP contribution is -2.50. The zero-order valence-electron chi connectivity index (χ0n) is 26.5. The molecule has 1 aromatic carbocycles. The molecule has 0 atom stereocenters. The van der Waals surface area contributed by atoms with Gasteiger partial charge >= 0.3 is 0 Å². The molecule has 1 aromatic rings. The van der Waals surface area contributed by atoms with Gasteiger partial charge in [-0.1, -0.05) is 118 Å². The lowest BCUT2D eigenvalue weighted by Gasteiger charge is -2.47. The molecule has 0 spiro atoms. The first-order chi connectivity index (χ1) is 17.7. The molecular weight excluding hydrogens is 452 g/mol. The molecule has 0 unspecified atom stereocenters. The zero-order chi connectivity index (χ0) is 28.7. The third-order valence-electron chi connectivity index (χ3n) is 6.87. The van der Waals surface area contributed by atoms with Crippen molar-refractivity contribution in [2.24, 2.45) is 11.8 Å². The molecule has 1 aliphatic rings. The van der Waals surface area contributed by atoms with Crippen LogP contribution in [-0.4, -0.2) is 18.0 Å². The molecule has 3 heteroatoms. The van der Waals surface area contributed by atoms with E-state index in [0.29, 0.717) is 17.9 Å². The van der Waals surface area contributed by atoms with Crippen LogP contribution in [0.1, 0.15) is 128 Å². The number of nitrogens with zero attached hydrogens (tertiary/aromatic N) is 1. The first-order valence-corrected chi connectivity index (χ1v) is 15.1. The second-order valence-electron chi connectivity index (χ2n) is 10.1. The minimum absolute atomic E-state index is 0.0848. The van der Waals surface area contributed by atoms with Crippen LogP contribution >= 0.6 is 0 Å². The lowest BCUT2D eigenvalue weighted by atomic mass is 9.78. The fraction of sp³-hybridized carbons (Fsp3) is 0.676. The molecule has 214 valence electrons. The van der Waals surface area contributed by atoms with Crippen molar-refractivity contribution >= 4 is 11.6 Å². The number of hydrogen-bond donors (Lipinski definition) is 1. The first-order valence-electron chi connectivity index (χ1n) is 15.1. The molecule has 2 rings (SSSR count). The fourth-order valence-corrected chi connectivity index (χ4v) is 4.76. The Bertz CT molecular complexity index is 713. The largest absolute Gasteiger partial charge is 0.366 e. The highest BCUT2D eigenvalue weighted by Gasteiger charge is 2.35. The molecule has 3 nitrogen and oxygen atoms in total. The average molecular weight is 515 g/mol. The smallest absolute Gasteiger partial charge is 0.223 e. The number of allylic oxidation sites excluding steroid dienone is 3. The van der Waals surface area contributed by atoms with Crippen molar-refractivity contribution in [2.45, 2.75) is 133 Å². The van der Waals surface area contributed by atoms with Crippen molar-refractivity contribution in [3.05, 3.63) is 54.3 Å². The molecule has 1 saturated carbocycles. The van der Waals surface area contributed by atoms with Gasteiger partial charge < -0.3 is 10.2 Å². The molecule has 0 saturated heterocycles. The van der Waals surface area contributed by atoms with Gasteiger partial charge in [0.15, 0.2) is 0 Å². The highest BCUT2D eigenvalue weighted by molar-refractivity contribution is 5.76. The van der Waals surface area contributed by atoms with Crippen molar-refractivity contribution in [2.75, 3.05) is 11.4 Å². The van der Waals surface area contributed by atoms with Crippen LogP contribution in [0.3, 0.4) is 0 Å². The van der Waals surface area contributed by atoms with Crippen molar-refractivity contribution in [1.82, 2.24) is 5.32 Å². The van der Waals surface area contributed by atoms with Crippen LogP contribution in [0.5, 0.6) is 0 Å². The number of para-hydroxylation sites is 1. The summed E-state index contributed by atoms with van der Waals surface area (Å²) in [5.74, 6) is 1.32. The highest BCUT2D eigenvalue weighted by Crippen LogP contribution is 2.38. The molecule has 0 heterocycles. The second-order valence-corrected chi connectivity index (χ2v) is 10.1. The van der Waals surface area contributed by atoms with E-state index in [1.807, 2.05) is 33.9 Å². The summed E-state index contributed by atoms with van der Waals surface area (Å²) in [6.07, 6.45) is 15.9. The van der Waals surface area contributed by atoms with E-state index in [0.717, 1.165) is 18.9 Å². The standard InChI is InChI=1S/C16H25N.C10H19NO.C6H12.C2H6/c1-3-16(13-9-6-10-14-16)17(4-2)15-11-7-5-8-12-15;1-5-9(8(3)4)7-11-10(12)6-2;1-4-5-6(2)3;1-2/h5,7-8,11-12H,3-4,6,9-10,13-14H2,1-2H3;7-8H,5-6H2,1-4H3,(H,11,12);4-6H,1-3H3;1-2H3/b;9-7-;5-4+;. The molecule has 1 amide bonds. The van der Waals surface area contributed by atoms with E-state index in [2.05, 4.69) is 101 Å². The summed E-state index contributed by atoms with van der Waals surface area (Å²) in [7, 11) is 0. The molecule has 37 heavy (non-hydrogen) atoms. The Morgan fingerprint density at radius 3 is 1.86 bits per heavy atom. The molecule has 0 radical (unpaired) electrons. The minimum Gasteiger partial charge on any atom is -0.366 e. The topological polar surface area (TPSA) is 32.3 Å². The van der Waals surface area contributed by atoms with E-state index in [1.165, 1.54) is 49.8 Å². The number of carbonyl (C=O) groups excluding carboxylic acids is 1. The normalized spacial score (nSPS) is 14.6. The number of carbonyl (C=O) groups is 1. The Hall–Kier alpha value is -2.03. The molecule has 0 bridgehead atoms. The summed E-state index contributed by atoms with van der Waals surface area (Å²) in [4.78, 5) is 13.5. The highest BCUT2D eigenvalue weighted by atomic mass is 16.1. The summed E-state index contributed by atoms with van der Waals surface area (Å²) in [6.45, 7) is 24.4. The van der Waals surface area contributed by atoms with Crippen molar-refractivity contribution < 1.29 is 4.79 Å². The minimum atomic E-state index is 0.0848. The van der Waals surface area contributed by atoms with Crippen LogP contribution in [0.4, 0.5) is 5.69 Å². The second kappa shape index (κ2) is 23.1. The van der Waals surface area contributed by atoms with Crippen molar-refractivity contribution in [1.29, 1.82) is 0 Å². The maximum atomic E-state index is 10.9. The van der Waals surface area contributed by atoms with E-state index in [9.17, 15) is 4.79 Å². The number of anilines is 1. The Labute approximate surface area is 232 Å². The predicted octanol–water partition coefficient (Wildman–Crippen LogP) is 10.3. The summed E-state index contributed by atoms with van der Waals surface area (Å²) in [5, 5.41) is 2.76. The van der Waals surface area contributed by atoms with Crippen LogP contribution in [0, 0.1) is 11.8 Å². The van der Waals surface area contributed by atoms with E-state index < -0.39 is 0 Å². The van der Waals surface area contributed by atoms with Gasteiger partial charge in [-0.05, 0) is 63.5 Å². The Morgan fingerprint density at radius 2 is 1.51 bits per heavy atom. The van der Waals surface area contributed by atoms with Crippen LogP contribution in [0.25, 0.3) is 0 Å². The SMILES string of the molecule is C/C=C/C(C)C.CC.CCC(=O)N/C=C(/CC)C(C)C.CCN(c1ccccc1)C1(CC)CCCCC1. The average Bonchev–Trinajstić information content (AvgIpc) is 2.92. The molecule has 1 N–H and O–H groups in total. The summed E-state index contributed by atoms with van der Waals surface area (Å²) in [6, 6.07) is 10.9. The number of benzene rings is 1. The molecular formula is C34H62N2O. The van der Waals surface area contributed by atoms with Gasteiger partial charge in [-0.15, -0.1) is 0 Å².